The van der Waals surface area contributed by atoms with Crippen LogP contribution in [0.5, 0.6) is 5.75 Å². The van der Waals surface area contributed by atoms with E-state index in [9.17, 15) is 0 Å². The summed E-state index contributed by atoms with van der Waals surface area (Å²) < 4.78 is 21.8. The van der Waals surface area contributed by atoms with Gasteiger partial charge in [0.05, 0.1) is 22.1 Å². The summed E-state index contributed by atoms with van der Waals surface area (Å²) in [5.41, 5.74) is 2.77. The van der Waals surface area contributed by atoms with Crippen molar-refractivity contribution >= 4 is 39.0 Å². The van der Waals surface area contributed by atoms with Crippen molar-refractivity contribution in [2.75, 3.05) is 43.9 Å². The molecule has 36 heavy (non-hydrogen) atoms. The predicted molar refractivity (Wildman–Crippen MR) is 141 cm³/mol. The molecular weight excluding hydrogens is 457 g/mol. The Hall–Kier alpha value is -3.56. The van der Waals surface area contributed by atoms with Gasteiger partial charge in [0.25, 0.3) is 0 Å². The number of benzene rings is 2. The van der Waals surface area contributed by atoms with Crippen LogP contribution < -0.4 is 20.3 Å². The molecule has 3 fully saturated rings. The van der Waals surface area contributed by atoms with Gasteiger partial charge in [-0.2, -0.15) is 0 Å². The second-order valence-corrected chi connectivity index (χ2v) is 10.1. The number of ether oxygens (including phenoxy) is 1. The van der Waals surface area contributed by atoms with Crippen LogP contribution in [0.2, 0.25) is 0 Å². The van der Waals surface area contributed by atoms with Gasteiger partial charge in [-0.1, -0.05) is 0 Å². The minimum atomic E-state index is -0.368. The van der Waals surface area contributed by atoms with Crippen LogP contribution >= 0.6 is 0 Å². The second kappa shape index (κ2) is 9.15. The summed E-state index contributed by atoms with van der Waals surface area (Å²) in [5, 5.41) is 7.98. The zero-order chi connectivity index (χ0) is 24.8. The number of piperazine rings is 1. The number of hydrogen-bond donors (Lipinski definition) is 2. The van der Waals surface area contributed by atoms with Gasteiger partial charge in [0, 0.05) is 55.1 Å². The summed E-state index contributed by atoms with van der Waals surface area (Å²) >= 11 is 0. The summed E-state index contributed by atoms with van der Waals surface area (Å²) in [7, 11) is 4.05. The van der Waals surface area contributed by atoms with Crippen LogP contribution in [-0.2, 0) is 0 Å². The Morgan fingerprint density at radius 1 is 1.14 bits per heavy atom. The van der Waals surface area contributed by atoms with E-state index in [0.717, 1.165) is 36.2 Å². The molecule has 0 amide bonds. The van der Waals surface area contributed by atoms with Crippen LogP contribution in [0.4, 0.5) is 21.6 Å². The van der Waals surface area contributed by atoms with Gasteiger partial charge in [-0.25, -0.2) is 14.4 Å². The number of hydrogen-bond acceptors (Lipinski definition) is 8. The Morgan fingerprint density at radius 3 is 2.72 bits per heavy atom. The van der Waals surface area contributed by atoms with E-state index in [1.165, 1.54) is 12.7 Å². The molecule has 3 aliphatic heterocycles. The molecule has 9 heteroatoms. The molecule has 0 radical (unpaired) electrons. The zero-order valence-electron chi connectivity index (χ0n) is 20.7. The minimum Gasteiger partial charge on any atom is -0.488 e. The van der Waals surface area contributed by atoms with Crippen LogP contribution in [0.1, 0.15) is 13.3 Å². The lowest BCUT2D eigenvalue weighted by atomic mass is 9.91. The number of pyridine rings is 1. The first-order chi connectivity index (χ1) is 17.4. The zero-order valence-corrected chi connectivity index (χ0v) is 20.7. The molecule has 2 N–H and O–H groups in total. The highest BCUT2D eigenvalue weighted by Crippen LogP contribution is 2.38. The molecule has 3 atom stereocenters. The molecule has 0 spiro atoms. The molecule has 2 bridgehead atoms. The van der Waals surface area contributed by atoms with E-state index < -0.39 is 0 Å². The third-order valence-electron chi connectivity index (χ3n) is 6.90. The largest absolute Gasteiger partial charge is 0.488 e. The molecule has 7 rings (SSSR count). The number of nitrogens with one attached hydrogen (secondary N) is 2. The molecular formula is C27H30FN7O. The van der Waals surface area contributed by atoms with E-state index in [-0.39, 0.29) is 11.9 Å². The summed E-state index contributed by atoms with van der Waals surface area (Å²) in [5.74, 6) is 0.825. The van der Waals surface area contributed by atoms with Crippen LogP contribution in [0.15, 0.2) is 48.9 Å². The lowest BCUT2D eigenvalue weighted by Crippen LogP contribution is -2.67. The van der Waals surface area contributed by atoms with Gasteiger partial charge in [-0.05, 0) is 57.8 Å². The van der Waals surface area contributed by atoms with Gasteiger partial charge in [0.2, 0.25) is 0 Å². The SMILES string of the molecule is C[C@H](CN(C)C)Oc1cc(N2CC3CC(C2)N3)cc2ncnc(Nc3ccc4ncccc4c3F)c12. The van der Waals surface area contributed by atoms with Crippen molar-refractivity contribution in [2.24, 2.45) is 0 Å². The van der Waals surface area contributed by atoms with Gasteiger partial charge < -0.3 is 25.2 Å². The van der Waals surface area contributed by atoms with Crippen molar-refractivity contribution in [1.82, 2.24) is 25.2 Å². The molecule has 8 nitrogen and oxygen atoms in total. The molecule has 3 saturated heterocycles. The van der Waals surface area contributed by atoms with E-state index in [1.54, 1.807) is 30.5 Å². The van der Waals surface area contributed by atoms with Gasteiger partial charge in [-0.15, -0.1) is 0 Å². The van der Waals surface area contributed by atoms with Crippen LogP contribution in [-0.4, -0.2) is 71.8 Å². The summed E-state index contributed by atoms with van der Waals surface area (Å²) in [4.78, 5) is 17.8. The molecule has 3 aliphatic rings. The van der Waals surface area contributed by atoms with Crippen molar-refractivity contribution in [2.45, 2.75) is 31.5 Å². The molecule has 4 aromatic rings. The first-order valence-electron chi connectivity index (χ1n) is 12.4. The van der Waals surface area contributed by atoms with Crippen molar-refractivity contribution < 1.29 is 9.13 Å². The lowest BCUT2D eigenvalue weighted by Gasteiger charge is -2.49. The normalized spacial score (nSPS) is 20.0. The Labute approximate surface area is 209 Å². The van der Waals surface area contributed by atoms with Gasteiger partial charge in [-0.3, -0.25) is 4.98 Å². The van der Waals surface area contributed by atoms with Crippen molar-refractivity contribution in [3.8, 4) is 5.75 Å². The van der Waals surface area contributed by atoms with E-state index in [0.29, 0.717) is 40.2 Å². The number of nitrogens with zero attached hydrogens (tertiary/aromatic N) is 5. The van der Waals surface area contributed by atoms with Gasteiger partial charge in [0.1, 0.15) is 24.0 Å². The third kappa shape index (κ3) is 4.29. The van der Waals surface area contributed by atoms with E-state index >= 15 is 4.39 Å². The molecule has 2 aromatic carbocycles. The third-order valence-corrected chi connectivity index (χ3v) is 6.90. The number of anilines is 3. The number of halogens is 1. The summed E-state index contributed by atoms with van der Waals surface area (Å²) in [6.45, 7) is 4.72. The molecule has 2 aromatic heterocycles. The highest BCUT2D eigenvalue weighted by Gasteiger charge is 2.36. The maximum Gasteiger partial charge on any atom is 0.156 e. The van der Waals surface area contributed by atoms with E-state index in [2.05, 4.69) is 47.5 Å². The maximum atomic E-state index is 15.4. The predicted octanol–water partition coefficient (Wildman–Crippen LogP) is 3.94. The molecule has 2 unspecified atom stereocenters. The second-order valence-electron chi connectivity index (χ2n) is 10.1. The Kier molecular flexibility index (Phi) is 5.81. The average Bonchev–Trinajstić information content (AvgIpc) is 2.85. The van der Waals surface area contributed by atoms with Crippen molar-refractivity contribution in [3.05, 3.63) is 54.7 Å². The van der Waals surface area contributed by atoms with Crippen LogP contribution in [0.25, 0.3) is 21.8 Å². The summed E-state index contributed by atoms with van der Waals surface area (Å²) in [6, 6.07) is 12.2. The average molecular weight is 488 g/mol. The lowest BCUT2D eigenvalue weighted by molar-refractivity contribution is 0.179. The minimum absolute atomic E-state index is 0.0635. The molecule has 5 heterocycles. The Bertz CT molecular complexity index is 1410. The number of rotatable bonds is 7. The molecule has 0 aliphatic carbocycles. The van der Waals surface area contributed by atoms with E-state index in [4.69, 9.17) is 4.74 Å². The molecule has 0 saturated carbocycles. The highest BCUT2D eigenvalue weighted by molar-refractivity contribution is 5.98. The number of piperidine rings is 1. The van der Waals surface area contributed by atoms with Crippen molar-refractivity contribution in [3.63, 3.8) is 0 Å². The quantitative estimate of drug-likeness (QED) is 0.406. The fourth-order valence-electron chi connectivity index (χ4n) is 5.34. The monoisotopic (exact) mass is 487 g/mol. The molecule has 186 valence electrons. The first kappa shape index (κ1) is 22.9. The standard InChI is InChI=1S/C27H30FN7O/c1-16(12-34(2)3)36-24-11-19(35-13-17-9-18(14-35)32-17)10-23-25(24)27(31-15-30-23)33-22-7-6-21-20(26(22)28)5-4-8-29-21/h4-8,10-11,15-18,32H,9,12-14H2,1-3H3,(H,30,31,33)/t16-,17?,18?/m1/s1. The van der Waals surface area contributed by atoms with Gasteiger partial charge >= 0.3 is 0 Å². The van der Waals surface area contributed by atoms with Crippen LogP contribution in [0.3, 0.4) is 0 Å². The Morgan fingerprint density at radius 2 is 1.94 bits per heavy atom. The maximum absolute atomic E-state index is 15.4. The smallest absolute Gasteiger partial charge is 0.156 e. The number of fused-ring (bicyclic) bond motifs is 4. The summed E-state index contributed by atoms with van der Waals surface area (Å²) in [6.07, 6.45) is 4.34. The highest BCUT2D eigenvalue weighted by atomic mass is 19.1. The fourth-order valence-corrected chi connectivity index (χ4v) is 5.34. The first-order valence-corrected chi connectivity index (χ1v) is 12.4. The Balaban J connectivity index is 1.42. The fraction of sp³-hybridized carbons (Fsp3) is 0.370. The topological polar surface area (TPSA) is 78.4 Å². The van der Waals surface area contributed by atoms with Gasteiger partial charge in [0.15, 0.2) is 5.82 Å². The number of likely N-dealkylation sites (N-methyl/N-ethyl adjacent to an activating group) is 1. The van der Waals surface area contributed by atoms with E-state index in [1.807, 2.05) is 21.0 Å². The van der Waals surface area contributed by atoms with Crippen LogP contribution in [0, 0.1) is 5.82 Å². The number of aromatic nitrogens is 3. The van der Waals surface area contributed by atoms with Crippen molar-refractivity contribution in [1.29, 1.82) is 0 Å².